The van der Waals surface area contributed by atoms with E-state index in [0.717, 1.165) is 53.5 Å². The third-order valence-corrected chi connectivity index (χ3v) is 16.3. The first-order valence-electron chi connectivity index (χ1n) is 22.7. The highest BCUT2D eigenvalue weighted by Gasteiger charge is 2.55. The summed E-state index contributed by atoms with van der Waals surface area (Å²) in [5.74, 6) is 0.0621. The van der Waals surface area contributed by atoms with Crippen molar-refractivity contribution in [1.29, 1.82) is 0 Å². The summed E-state index contributed by atoms with van der Waals surface area (Å²) in [6.07, 6.45) is 1.50. The number of benzene rings is 6. The van der Waals surface area contributed by atoms with Crippen molar-refractivity contribution in [3.8, 4) is 22.3 Å². The molecule has 0 radical (unpaired) electrons. The molecule has 12 rings (SSSR count). The van der Waals surface area contributed by atoms with Crippen LogP contribution in [0.4, 0.5) is 4.79 Å². The van der Waals surface area contributed by atoms with Crippen LogP contribution in [0.1, 0.15) is 72.4 Å². The lowest BCUT2D eigenvalue weighted by Gasteiger charge is -2.47. The highest BCUT2D eigenvalue weighted by molar-refractivity contribution is 9.10. The molecule has 0 N–H and O–H groups in total. The van der Waals surface area contributed by atoms with Gasteiger partial charge in [0.05, 0.1) is 33.6 Å². The molecular weight excluding hydrogens is 956 g/mol. The Balaban J connectivity index is 0.985. The summed E-state index contributed by atoms with van der Waals surface area (Å²) in [5, 5.41) is 1.08. The molecule has 0 amide bonds. The predicted molar refractivity (Wildman–Crippen MR) is 263 cm³/mol. The second-order valence-corrected chi connectivity index (χ2v) is 20.5. The molecule has 0 spiro atoms. The van der Waals surface area contributed by atoms with Gasteiger partial charge in [0, 0.05) is 46.7 Å². The van der Waals surface area contributed by atoms with E-state index in [1.165, 1.54) is 0 Å². The van der Waals surface area contributed by atoms with Crippen LogP contribution in [-0.4, -0.2) is 36.5 Å². The van der Waals surface area contributed by atoms with Gasteiger partial charge in [0.25, 0.3) is 11.1 Å². The number of hydrogen-bond acceptors (Lipinski definition) is 7. The molecular formula is C55H44Br2N4O5. The lowest BCUT2D eigenvalue weighted by atomic mass is 9.70. The highest BCUT2D eigenvalue weighted by atomic mass is 79.9. The van der Waals surface area contributed by atoms with Gasteiger partial charge in [0.1, 0.15) is 22.9 Å². The van der Waals surface area contributed by atoms with E-state index in [-0.39, 0.29) is 34.8 Å². The number of rotatable bonds is 6. The molecule has 66 heavy (non-hydrogen) atoms. The maximum atomic E-state index is 15.5. The highest BCUT2D eigenvalue weighted by Crippen LogP contribution is 2.57. The van der Waals surface area contributed by atoms with Gasteiger partial charge in [-0.2, -0.15) is 0 Å². The molecule has 328 valence electrons. The number of nitrogens with zero attached hydrogens (tertiary/aromatic N) is 4. The van der Waals surface area contributed by atoms with Gasteiger partial charge < -0.3 is 9.47 Å². The van der Waals surface area contributed by atoms with Crippen molar-refractivity contribution in [2.45, 2.75) is 75.7 Å². The van der Waals surface area contributed by atoms with Crippen LogP contribution in [0.3, 0.4) is 0 Å². The van der Waals surface area contributed by atoms with E-state index in [9.17, 15) is 9.59 Å². The molecule has 0 bridgehead atoms. The van der Waals surface area contributed by atoms with Crippen molar-refractivity contribution in [3.05, 3.63) is 197 Å². The van der Waals surface area contributed by atoms with Crippen molar-refractivity contribution in [1.82, 2.24) is 19.1 Å². The van der Waals surface area contributed by atoms with Crippen molar-refractivity contribution in [3.63, 3.8) is 0 Å². The van der Waals surface area contributed by atoms with Crippen LogP contribution in [0, 0.1) is 11.8 Å². The molecule has 11 heteroatoms. The summed E-state index contributed by atoms with van der Waals surface area (Å²) in [6, 6.07) is 44.5. The van der Waals surface area contributed by atoms with Gasteiger partial charge in [0.2, 0.25) is 0 Å². The Bertz CT molecular complexity index is 3160. The minimum Gasteiger partial charge on any atom is -0.427 e. The van der Waals surface area contributed by atoms with Gasteiger partial charge in [0.15, 0.2) is 0 Å². The number of aryl methyl sites for hydroxylation is 2. The second kappa shape index (κ2) is 15.5. The van der Waals surface area contributed by atoms with E-state index in [1.54, 1.807) is 9.13 Å². The molecule has 0 saturated heterocycles. The topological polar surface area (TPSA) is 105 Å². The van der Waals surface area contributed by atoms with E-state index < -0.39 is 17.4 Å². The van der Waals surface area contributed by atoms with E-state index >= 15 is 4.79 Å². The smallest absolute Gasteiger partial charge is 0.427 e. The average molecular weight is 1000 g/mol. The Morgan fingerprint density at radius 2 is 0.894 bits per heavy atom. The van der Waals surface area contributed by atoms with Gasteiger partial charge in [-0.25, -0.2) is 14.8 Å². The van der Waals surface area contributed by atoms with Crippen LogP contribution in [-0.2, 0) is 35.4 Å². The van der Waals surface area contributed by atoms with Crippen molar-refractivity contribution in [2.75, 3.05) is 0 Å². The van der Waals surface area contributed by atoms with Crippen LogP contribution in [0.2, 0.25) is 0 Å². The quantitative estimate of drug-likeness (QED) is 0.153. The number of fused-ring (bicyclic) bond motifs is 10. The van der Waals surface area contributed by atoms with Crippen molar-refractivity contribution in [2.24, 2.45) is 11.8 Å². The zero-order valence-corrected chi connectivity index (χ0v) is 39.5. The molecule has 2 aliphatic heterocycles. The second-order valence-electron chi connectivity index (χ2n) is 18.7. The monoisotopic (exact) mass is 998 g/mol. The lowest BCUT2D eigenvalue weighted by molar-refractivity contribution is -0.123. The van der Waals surface area contributed by atoms with Crippen LogP contribution < -0.4 is 11.1 Å². The minimum absolute atomic E-state index is 0.113. The number of halogens is 2. The van der Waals surface area contributed by atoms with Crippen LogP contribution >= 0.6 is 31.9 Å². The molecule has 8 aromatic rings. The minimum atomic E-state index is -1.20. The third-order valence-electron chi connectivity index (χ3n) is 15.3. The molecule has 4 atom stereocenters. The summed E-state index contributed by atoms with van der Waals surface area (Å²) in [4.78, 5) is 54.2. The maximum Gasteiger partial charge on any atom is 0.509 e. The van der Waals surface area contributed by atoms with Crippen LogP contribution in [0.5, 0.6) is 0 Å². The molecule has 2 aliphatic carbocycles. The predicted octanol–water partition coefficient (Wildman–Crippen LogP) is 11.8. The van der Waals surface area contributed by atoms with E-state index in [1.807, 2.05) is 98.8 Å². The summed E-state index contributed by atoms with van der Waals surface area (Å²) in [7, 11) is 0. The fourth-order valence-electron chi connectivity index (χ4n) is 12.1. The Morgan fingerprint density at radius 3 is 1.26 bits per heavy atom. The fraction of sp³-hybridized carbons (Fsp3) is 0.255. The summed E-state index contributed by atoms with van der Waals surface area (Å²) >= 11 is 7.10. The van der Waals surface area contributed by atoms with Gasteiger partial charge in [-0.3, -0.25) is 18.7 Å². The largest absolute Gasteiger partial charge is 0.509 e. The third kappa shape index (κ3) is 6.33. The van der Waals surface area contributed by atoms with Crippen molar-refractivity contribution < 1.29 is 14.3 Å². The number of aromatic nitrogens is 4. The number of carbonyl (C=O) groups excluding carboxylic acids is 1. The van der Waals surface area contributed by atoms with Gasteiger partial charge in [-0.05, 0) is 108 Å². The van der Waals surface area contributed by atoms with Crippen molar-refractivity contribution >= 4 is 59.8 Å². The normalized spacial score (nSPS) is 19.2. The molecule has 4 unspecified atom stereocenters. The summed E-state index contributed by atoms with van der Waals surface area (Å²) in [5.41, 5.74) is 7.29. The van der Waals surface area contributed by atoms with E-state index in [0.29, 0.717) is 72.2 Å². The average Bonchev–Trinajstić information content (AvgIpc) is 3.85. The van der Waals surface area contributed by atoms with E-state index in [2.05, 4.69) is 80.4 Å². The molecule has 0 fully saturated rings. The standard InChI is InChI=1S/C55H44Br2N4O5/c1-54(49-39-15-7-3-11-35(39)36-12-4-8-16-40(36)49,31-19-25-47-58-45-27-33(56)21-23-43(45)51(62)60(47)29-31)65-53(64)66-55(2,50-41-17-9-5-13-37(41)38-14-6-10-18-42(38)50)32-20-26-48-59-46-28-34(57)22-24-44(46)52(63)61(48)30-32/h3-18,21-24,27-28,31-32,49-50H,19-20,25-26,29-30H2,1-2H3. The molecule has 4 heterocycles. The Labute approximate surface area is 397 Å². The van der Waals surface area contributed by atoms with Gasteiger partial charge >= 0.3 is 6.16 Å². The lowest BCUT2D eigenvalue weighted by Crippen LogP contribution is -2.53. The molecule has 9 nitrogen and oxygen atoms in total. The number of hydrogen-bond donors (Lipinski definition) is 0. The first-order chi connectivity index (χ1) is 32.0. The fourth-order valence-corrected chi connectivity index (χ4v) is 12.8. The summed E-state index contributed by atoms with van der Waals surface area (Å²) < 4.78 is 19.5. The maximum absolute atomic E-state index is 15.5. The molecule has 0 saturated carbocycles. The van der Waals surface area contributed by atoms with Crippen LogP contribution in [0.25, 0.3) is 44.1 Å². The SMILES string of the molecule is CC(OC(=O)OC(C)(C1CCc2nc3cc(Br)ccc3c(=O)n2C1)C1c2ccccc2-c2ccccc21)(C1CCc2nc3cc(Br)ccc3c(=O)n2C1)C1c2ccccc2-c2ccccc21. The zero-order valence-electron chi connectivity index (χ0n) is 36.3. The first kappa shape index (κ1) is 41.3. The number of ether oxygens (including phenoxy) is 2. The Kier molecular flexibility index (Phi) is 9.66. The first-order valence-corrected chi connectivity index (χ1v) is 24.2. The van der Waals surface area contributed by atoms with Crippen LogP contribution in [0.15, 0.2) is 152 Å². The van der Waals surface area contributed by atoms with Gasteiger partial charge in [-0.15, -0.1) is 0 Å². The van der Waals surface area contributed by atoms with Gasteiger partial charge in [-0.1, -0.05) is 129 Å². The van der Waals surface area contributed by atoms with E-state index in [4.69, 9.17) is 19.4 Å². The molecule has 4 aliphatic rings. The molecule has 2 aromatic heterocycles. The zero-order chi connectivity index (χ0) is 45.1. The Hall–Kier alpha value is -6.17. The number of carbonyl (C=O) groups is 1. The molecule has 6 aromatic carbocycles. The Morgan fingerprint density at radius 1 is 0.545 bits per heavy atom. The summed E-state index contributed by atoms with van der Waals surface area (Å²) in [6.45, 7) is 4.68.